The first-order valence-electron chi connectivity index (χ1n) is 14.2. The molecule has 40 heavy (non-hydrogen) atoms. The third-order valence-corrected chi connectivity index (χ3v) is 8.71. The second-order valence-corrected chi connectivity index (χ2v) is 11.5. The number of β-amino-alcohol motifs (C(OH)–C–C–N with tert-alkyl or cyclic N) is 1. The third kappa shape index (κ3) is 5.20. The molecule has 1 aliphatic carbocycles. The van der Waals surface area contributed by atoms with Crippen LogP contribution in [0.3, 0.4) is 0 Å². The summed E-state index contributed by atoms with van der Waals surface area (Å²) in [5, 5.41) is 11.1. The van der Waals surface area contributed by atoms with Crippen LogP contribution in [0.2, 0.25) is 0 Å². The lowest BCUT2D eigenvalue weighted by Crippen LogP contribution is -2.47. The Morgan fingerprint density at radius 2 is 1.27 bits per heavy atom. The van der Waals surface area contributed by atoms with Gasteiger partial charge in [0.2, 0.25) is 0 Å². The number of amides is 1. The summed E-state index contributed by atoms with van der Waals surface area (Å²) in [5.41, 5.74) is 2.39. The van der Waals surface area contributed by atoms with Gasteiger partial charge in [0, 0.05) is 6.54 Å². The van der Waals surface area contributed by atoms with Crippen LogP contribution in [0.4, 0.5) is 8.78 Å². The normalized spacial score (nSPS) is 20.6. The third-order valence-electron chi connectivity index (χ3n) is 8.71. The summed E-state index contributed by atoms with van der Waals surface area (Å²) >= 11 is 0. The van der Waals surface area contributed by atoms with Crippen molar-refractivity contribution in [2.45, 2.75) is 56.1 Å². The van der Waals surface area contributed by atoms with E-state index in [0.29, 0.717) is 29.4 Å². The van der Waals surface area contributed by atoms with Gasteiger partial charge in [0.05, 0.1) is 12.6 Å². The first-order chi connectivity index (χ1) is 19.3. The van der Waals surface area contributed by atoms with Crippen LogP contribution >= 0.6 is 0 Å². The summed E-state index contributed by atoms with van der Waals surface area (Å²) in [4.78, 5) is 22.5. The zero-order valence-corrected chi connectivity index (χ0v) is 22.8. The van der Waals surface area contributed by atoms with Crippen LogP contribution in [0.25, 0.3) is 0 Å². The minimum atomic E-state index is -1.46. The molecule has 1 N–H and O–H groups in total. The maximum absolute atomic E-state index is 14.0. The van der Waals surface area contributed by atoms with Crippen molar-refractivity contribution in [3.05, 3.63) is 107 Å². The van der Waals surface area contributed by atoms with E-state index in [2.05, 4.69) is 29.2 Å². The van der Waals surface area contributed by atoms with Crippen LogP contribution in [-0.2, 0) is 10.3 Å². The average molecular weight is 544 g/mol. The van der Waals surface area contributed by atoms with E-state index in [1.807, 2.05) is 0 Å². The number of aliphatic imine (C=N–C) groups is 1. The lowest BCUT2D eigenvalue weighted by Gasteiger charge is -2.34. The topological polar surface area (TPSA) is 56.1 Å². The fourth-order valence-electron chi connectivity index (χ4n) is 6.31. The summed E-state index contributed by atoms with van der Waals surface area (Å²) in [6.45, 7) is 4.08. The molecule has 5 nitrogen and oxygen atoms in total. The molecule has 208 valence electrons. The van der Waals surface area contributed by atoms with Crippen molar-refractivity contribution in [2.24, 2.45) is 4.99 Å². The number of hydrogen-bond donors (Lipinski definition) is 1. The molecule has 2 aliphatic heterocycles. The summed E-state index contributed by atoms with van der Waals surface area (Å²) < 4.78 is 27.5. The fourth-order valence-corrected chi connectivity index (χ4v) is 6.31. The zero-order chi connectivity index (χ0) is 27.9. The number of likely N-dealkylation sites (tertiary alicyclic amines) is 1. The monoisotopic (exact) mass is 543 g/mol. The Morgan fingerprint density at radius 3 is 1.75 bits per heavy atom. The number of carbonyl (C=O) groups is 1. The van der Waals surface area contributed by atoms with Crippen molar-refractivity contribution in [3.63, 3.8) is 0 Å². The average Bonchev–Trinajstić information content (AvgIpc) is 3.78. The standard InChI is InChI=1S/C33H35F2N3O2/c1-22-36-33(27-8-12-29(34)13-9-27,28-10-14-30(35)15-11-28)32(40)38(22)21-31(39)20-37-18-16-26(17-19-37)25-6-4-24(5-7-25)23-2-3-23/h4-15,23,26,31,39H,2-3,16-21H2,1H3. The number of carbonyl (C=O) groups excluding carboxylic acids is 1. The van der Waals surface area contributed by atoms with Crippen molar-refractivity contribution < 1.29 is 18.7 Å². The molecular weight excluding hydrogens is 508 g/mol. The second kappa shape index (κ2) is 10.9. The molecule has 0 bridgehead atoms. The molecule has 1 saturated heterocycles. The lowest BCUT2D eigenvalue weighted by molar-refractivity contribution is -0.131. The molecule has 7 heteroatoms. The van der Waals surface area contributed by atoms with Crippen LogP contribution in [0.15, 0.2) is 77.8 Å². The van der Waals surface area contributed by atoms with Gasteiger partial charge in [-0.1, -0.05) is 48.5 Å². The molecular formula is C33H35F2N3O2. The van der Waals surface area contributed by atoms with Gasteiger partial charge in [-0.3, -0.25) is 9.69 Å². The molecule has 1 saturated carbocycles. The number of halogens is 2. The number of nitrogens with zero attached hydrogens (tertiary/aromatic N) is 3. The Kier molecular flexibility index (Phi) is 7.27. The number of benzene rings is 3. The minimum Gasteiger partial charge on any atom is -0.390 e. The molecule has 6 rings (SSSR count). The molecule has 3 aromatic rings. The SMILES string of the molecule is CC1=NC(c2ccc(F)cc2)(c2ccc(F)cc2)C(=O)N1CC(O)CN1CCC(c2ccc(C3CC3)cc2)CC1. The van der Waals surface area contributed by atoms with Gasteiger partial charge in [-0.15, -0.1) is 0 Å². The summed E-state index contributed by atoms with van der Waals surface area (Å²) in [6.07, 6.45) is 3.94. The van der Waals surface area contributed by atoms with Crippen LogP contribution in [0.5, 0.6) is 0 Å². The van der Waals surface area contributed by atoms with Crippen molar-refractivity contribution in [3.8, 4) is 0 Å². The number of aliphatic hydroxyl groups is 1. The molecule has 2 fully saturated rings. The van der Waals surface area contributed by atoms with Crippen LogP contribution < -0.4 is 0 Å². The van der Waals surface area contributed by atoms with Gasteiger partial charge >= 0.3 is 0 Å². The molecule has 1 amide bonds. The van der Waals surface area contributed by atoms with Crippen molar-refractivity contribution in [1.29, 1.82) is 0 Å². The predicted molar refractivity (Wildman–Crippen MR) is 151 cm³/mol. The van der Waals surface area contributed by atoms with Gasteiger partial charge in [-0.2, -0.15) is 0 Å². The lowest BCUT2D eigenvalue weighted by atomic mass is 9.82. The highest BCUT2D eigenvalue weighted by Gasteiger charge is 2.50. The summed E-state index contributed by atoms with van der Waals surface area (Å²) in [5.74, 6) is 0.584. The van der Waals surface area contributed by atoms with Gasteiger partial charge < -0.3 is 10.0 Å². The zero-order valence-electron chi connectivity index (χ0n) is 22.8. The molecule has 0 radical (unpaired) electrons. The van der Waals surface area contributed by atoms with E-state index < -0.39 is 23.3 Å². The second-order valence-electron chi connectivity index (χ2n) is 11.5. The molecule has 1 atom stereocenters. The number of aliphatic hydroxyl groups excluding tert-OH is 1. The quantitative estimate of drug-likeness (QED) is 0.403. The molecule has 0 spiro atoms. The van der Waals surface area contributed by atoms with E-state index in [1.165, 1.54) is 77.4 Å². The van der Waals surface area contributed by atoms with E-state index in [1.54, 1.807) is 6.92 Å². The summed E-state index contributed by atoms with van der Waals surface area (Å²) in [7, 11) is 0. The van der Waals surface area contributed by atoms with E-state index in [-0.39, 0.29) is 12.5 Å². The molecule has 0 aromatic heterocycles. The number of rotatable bonds is 8. The number of hydrogen-bond acceptors (Lipinski definition) is 4. The predicted octanol–water partition coefficient (Wildman–Crippen LogP) is 5.59. The fraction of sp³-hybridized carbons (Fsp3) is 0.394. The van der Waals surface area contributed by atoms with Crippen LogP contribution in [-0.4, -0.2) is 58.9 Å². The largest absolute Gasteiger partial charge is 0.390 e. The first-order valence-corrected chi connectivity index (χ1v) is 14.2. The highest BCUT2D eigenvalue weighted by atomic mass is 19.1. The Balaban J connectivity index is 1.11. The van der Waals surface area contributed by atoms with E-state index >= 15 is 0 Å². The van der Waals surface area contributed by atoms with Crippen molar-refractivity contribution in [2.75, 3.05) is 26.2 Å². The Hall–Kier alpha value is -3.42. The van der Waals surface area contributed by atoms with Crippen molar-refractivity contribution >= 4 is 11.7 Å². The van der Waals surface area contributed by atoms with Gasteiger partial charge in [-0.25, -0.2) is 13.8 Å². The Morgan fingerprint density at radius 1 is 0.800 bits per heavy atom. The number of amidine groups is 1. The highest BCUT2D eigenvalue weighted by Crippen LogP contribution is 2.42. The molecule has 3 aliphatic rings. The smallest absolute Gasteiger partial charge is 0.265 e. The molecule has 2 heterocycles. The minimum absolute atomic E-state index is 0.0981. The molecule has 1 unspecified atom stereocenters. The molecule has 3 aromatic carbocycles. The maximum Gasteiger partial charge on any atom is 0.265 e. The van der Waals surface area contributed by atoms with Crippen LogP contribution in [0.1, 0.15) is 66.7 Å². The summed E-state index contributed by atoms with van der Waals surface area (Å²) in [6, 6.07) is 20.5. The Bertz CT molecular complexity index is 1330. The number of piperidine rings is 1. The van der Waals surface area contributed by atoms with Gasteiger partial charge in [0.25, 0.3) is 5.91 Å². The van der Waals surface area contributed by atoms with E-state index in [0.717, 1.165) is 31.8 Å². The van der Waals surface area contributed by atoms with E-state index in [9.17, 15) is 18.7 Å². The van der Waals surface area contributed by atoms with Gasteiger partial charge in [-0.05, 0) is 104 Å². The Labute approximate surface area is 234 Å². The van der Waals surface area contributed by atoms with Crippen LogP contribution in [0, 0.1) is 11.6 Å². The highest BCUT2D eigenvalue weighted by molar-refractivity contribution is 6.09. The van der Waals surface area contributed by atoms with E-state index in [4.69, 9.17) is 4.99 Å². The maximum atomic E-state index is 14.0. The van der Waals surface area contributed by atoms with Crippen molar-refractivity contribution in [1.82, 2.24) is 9.80 Å². The first kappa shape index (κ1) is 26.8. The van der Waals surface area contributed by atoms with Gasteiger partial charge in [0.15, 0.2) is 5.54 Å². The van der Waals surface area contributed by atoms with Gasteiger partial charge in [0.1, 0.15) is 17.5 Å².